The van der Waals surface area contributed by atoms with Crippen LogP contribution in [0, 0.1) is 0 Å². The van der Waals surface area contributed by atoms with Crippen LogP contribution in [0.25, 0.3) is 0 Å². The van der Waals surface area contributed by atoms with Crippen LogP contribution in [0.1, 0.15) is 13.3 Å². The highest BCUT2D eigenvalue weighted by atomic mass is 16.1. The average molecular weight is 255 g/mol. The number of carbonyl (C=O) groups is 1. The smallest absolute Gasteiger partial charge is 0.226 e. The predicted octanol–water partition coefficient (Wildman–Crippen LogP) is 2.27. The van der Waals surface area contributed by atoms with Crippen molar-refractivity contribution >= 4 is 17.5 Å². The molecule has 0 amide bonds. The van der Waals surface area contributed by atoms with Crippen LogP contribution in [0.3, 0.4) is 0 Å². The first-order chi connectivity index (χ1) is 9.13. The van der Waals surface area contributed by atoms with Crippen molar-refractivity contribution in [3.05, 3.63) is 47.7 Å². The number of hydrogen-bond acceptors (Lipinski definition) is 4. The molecule has 0 bridgehead atoms. The lowest BCUT2D eigenvalue weighted by Gasteiger charge is -2.07. The summed E-state index contributed by atoms with van der Waals surface area (Å²) in [5.74, 6) is 0.620. The molecular weight excluding hydrogens is 238 g/mol. The highest BCUT2D eigenvalue weighted by Gasteiger charge is 2.21. The lowest BCUT2D eigenvalue weighted by molar-refractivity contribution is -0.111. The molecule has 2 rings (SSSR count). The Labute approximate surface area is 113 Å². The number of fused-ring (bicyclic) bond motifs is 1. The molecule has 1 heterocycles. The number of carbonyl (C=O) groups excluding carboxylic acids is 1. The van der Waals surface area contributed by atoms with Crippen LogP contribution in [-0.4, -0.2) is 36.4 Å². The van der Waals surface area contributed by atoms with Gasteiger partial charge in [-0.05, 0) is 18.6 Å². The van der Waals surface area contributed by atoms with Gasteiger partial charge in [-0.2, -0.15) is 0 Å². The fourth-order valence-corrected chi connectivity index (χ4v) is 1.86. The minimum atomic E-state index is -0.00564. The van der Waals surface area contributed by atoms with E-state index < -0.39 is 0 Å². The number of aliphatic imine (C=N–C) groups is 2. The Morgan fingerprint density at radius 1 is 1.05 bits per heavy atom. The van der Waals surface area contributed by atoms with Gasteiger partial charge in [0, 0.05) is 19.7 Å². The second-order valence-electron chi connectivity index (χ2n) is 4.45. The Morgan fingerprint density at radius 2 is 1.74 bits per heavy atom. The van der Waals surface area contributed by atoms with Gasteiger partial charge >= 0.3 is 0 Å². The third kappa shape index (κ3) is 2.78. The van der Waals surface area contributed by atoms with Crippen LogP contribution >= 0.6 is 0 Å². The molecule has 19 heavy (non-hydrogen) atoms. The molecule has 0 aromatic carbocycles. The first-order valence-corrected chi connectivity index (χ1v) is 6.27. The van der Waals surface area contributed by atoms with E-state index in [-0.39, 0.29) is 5.78 Å². The summed E-state index contributed by atoms with van der Waals surface area (Å²) in [6, 6.07) is 0. The fourth-order valence-electron chi connectivity index (χ4n) is 1.86. The molecule has 0 unspecified atom stereocenters. The van der Waals surface area contributed by atoms with Crippen LogP contribution in [-0.2, 0) is 4.79 Å². The minimum Gasteiger partial charge on any atom is -0.347 e. The summed E-state index contributed by atoms with van der Waals surface area (Å²) >= 11 is 0. The second kappa shape index (κ2) is 5.61. The monoisotopic (exact) mass is 255 g/mol. The Balaban J connectivity index is 2.58. The third-order valence-electron chi connectivity index (χ3n) is 2.85. The normalized spacial score (nSPS) is 27.2. The number of hydrogen-bond donors (Lipinski definition) is 0. The Kier molecular flexibility index (Phi) is 3.90. The topological polar surface area (TPSA) is 45.0 Å². The lowest BCUT2D eigenvalue weighted by Crippen LogP contribution is -2.18. The van der Waals surface area contributed by atoms with Crippen molar-refractivity contribution in [1.29, 1.82) is 0 Å². The summed E-state index contributed by atoms with van der Waals surface area (Å²) < 4.78 is 0. The standard InChI is InChI=1S/C15H17N3O/c1-4-11-13(19)10-8-6-5-7-9-12-14(11)17-15(16-12)18(2)3/h5-10H,4H2,1-3H3/b6-5-,9-7+,10-8+,14-11+. The number of ketones is 1. The van der Waals surface area contributed by atoms with Crippen LogP contribution in [0.5, 0.6) is 0 Å². The van der Waals surface area contributed by atoms with Crippen LogP contribution in [0.2, 0.25) is 0 Å². The molecule has 0 spiro atoms. The highest BCUT2D eigenvalue weighted by molar-refractivity contribution is 6.22. The third-order valence-corrected chi connectivity index (χ3v) is 2.85. The molecule has 0 aromatic rings. The molecule has 0 saturated carbocycles. The summed E-state index contributed by atoms with van der Waals surface area (Å²) in [6.45, 7) is 1.96. The van der Waals surface area contributed by atoms with Gasteiger partial charge in [-0.3, -0.25) is 4.79 Å². The summed E-state index contributed by atoms with van der Waals surface area (Å²) in [5, 5.41) is 0. The van der Waals surface area contributed by atoms with E-state index in [9.17, 15) is 4.79 Å². The van der Waals surface area contributed by atoms with Crippen LogP contribution < -0.4 is 0 Å². The molecule has 0 fully saturated rings. The molecule has 0 aromatic heterocycles. The summed E-state index contributed by atoms with van der Waals surface area (Å²) in [4.78, 5) is 22.9. The lowest BCUT2D eigenvalue weighted by atomic mass is 10.0. The molecule has 4 nitrogen and oxygen atoms in total. The number of guanidine groups is 1. The van der Waals surface area contributed by atoms with Gasteiger partial charge in [0.1, 0.15) is 0 Å². The van der Waals surface area contributed by atoms with E-state index in [0.29, 0.717) is 23.7 Å². The van der Waals surface area contributed by atoms with Crippen LogP contribution in [0.4, 0.5) is 0 Å². The SMILES string of the molecule is CC/C1=C2\N=C(N(C)C)N=C2/C=C/C=C\C=C\C1=O. The zero-order chi connectivity index (χ0) is 13.8. The van der Waals surface area contributed by atoms with Gasteiger partial charge in [-0.1, -0.05) is 31.2 Å². The molecule has 0 N–H and O–H groups in total. The first kappa shape index (κ1) is 13.2. The summed E-state index contributed by atoms with van der Waals surface area (Å²) in [5.41, 5.74) is 2.13. The van der Waals surface area contributed by atoms with Gasteiger partial charge in [-0.25, -0.2) is 9.98 Å². The zero-order valence-electron chi connectivity index (χ0n) is 11.4. The van der Waals surface area contributed by atoms with E-state index in [1.165, 1.54) is 0 Å². The van der Waals surface area contributed by atoms with E-state index in [4.69, 9.17) is 0 Å². The number of nitrogens with zero attached hydrogens (tertiary/aromatic N) is 3. The van der Waals surface area contributed by atoms with Gasteiger partial charge in [0.25, 0.3) is 0 Å². The van der Waals surface area contributed by atoms with E-state index in [1.54, 1.807) is 12.2 Å². The van der Waals surface area contributed by atoms with Crippen LogP contribution in [0.15, 0.2) is 57.7 Å². The van der Waals surface area contributed by atoms with Crippen molar-refractivity contribution in [2.75, 3.05) is 14.1 Å². The van der Waals surface area contributed by atoms with E-state index >= 15 is 0 Å². The molecule has 98 valence electrons. The van der Waals surface area contributed by atoms with Gasteiger partial charge in [-0.15, -0.1) is 0 Å². The largest absolute Gasteiger partial charge is 0.347 e. The van der Waals surface area contributed by atoms with Crippen molar-refractivity contribution in [3.8, 4) is 0 Å². The van der Waals surface area contributed by atoms with Crippen molar-refractivity contribution in [2.45, 2.75) is 13.3 Å². The number of allylic oxidation sites excluding steroid dienone is 7. The zero-order valence-corrected chi connectivity index (χ0v) is 11.4. The van der Waals surface area contributed by atoms with Gasteiger partial charge in [0.05, 0.1) is 11.4 Å². The molecule has 2 aliphatic rings. The van der Waals surface area contributed by atoms with Crippen molar-refractivity contribution < 1.29 is 4.79 Å². The van der Waals surface area contributed by atoms with E-state index in [0.717, 1.165) is 5.71 Å². The molecule has 4 heteroatoms. The summed E-state index contributed by atoms with van der Waals surface area (Å²) in [6.07, 6.45) is 11.4. The van der Waals surface area contributed by atoms with Gasteiger partial charge < -0.3 is 4.90 Å². The van der Waals surface area contributed by atoms with E-state index in [2.05, 4.69) is 9.98 Å². The highest BCUT2D eigenvalue weighted by Crippen LogP contribution is 2.21. The Morgan fingerprint density at radius 3 is 2.37 bits per heavy atom. The van der Waals surface area contributed by atoms with Crippen molar-refractivity contribution in [1.82, 2.24) is 4.90 Å². The quantitative estimate of drug-likeness (QED) is 0.721. The number of rotatable bonds is 1. The minimum absolute atomic E-state index is 0.00564. The molecule has 1 aliphatic heterocycles. The summed E-state index contributed by atoms with van der Waals surface area (Å²) in [7, 11) is 3.77. The average Bonchev–Trinajstić information content (AvgIpc) is 2.79. The van der Waals surface area contributed by atoms with Crippen molar-refractivity contribution in [3.63, 3.8) is 0 Å². The van der Waals surface area contributed by atoms with Gasteiger partial charge in [0.15, 0.2) is 5.78 Å². The second-order valence-corrected chi connectivity index (χ2v) is 4.45. The van der Waals surface area contributed by atoms with E-state index in [1.807, 2.05) is 50.2 Å². The fraction of sp³-hybridized carbons (Fsp3) is 0.267. The molecule has 1 aliphatic carbocycles. The van der Waals surface area contributed by atoms with Crippen molar-refractivity contribution in [2.24, 2.45) is 9.98 Å². The first-order valence-electron chi connectivity index (χ1n) is 6.27. The predicted molar refractivity (Wildman–Crippen MR) is 78.3 cm³/mol. The molecule has 0 saturated heterocycles. The Bertz CT molecular complexity index is 572. The van der Waals surface area contributed by atoms with Gasteiger partial charge in [0.2, 0.25) is 5.96 Å². The molecule has 0 radical (unpaired) electrons. The maximum Gasteiger partial charge on any atom is 0.226 e. The molecular formula is C15H17N3O. The molecule has 0 atom stereocenters. The maximum atomic E-state index is 12.1. The maximum absolute atomic E-state index is 12.1. The Hall–Kier alpha value is -2.23.